The van der Waals surface area contributed by atoms with Crippen molar-refractivity contribution in [3.8, 4) is 11.5 Å². The van der Waals surface area contributed by atoms with Crippen molar-refractivity contribution in [3.63, 3.8) is 0 Å². The molecule has 0 aliphatic heterocycles. The van der Waals surface area contributed by atoms with Gasteiger partial charge in [-0.15, -0.1) is 0 Å². The van der Waals surface area contributed by atoms with E-state index in [1.54, 1.807) is 19.1 Å². The van der Waals surface area contributed by atoms with Gasteiger partial charge in [0.05, 0.1) is 5.92 Å². The molecular formula is C12H16O3. The number of benzene rings is 1. The van der Waals surface area contributed by atoms with E-state index in [1.807, 2.05) is 13.8 Å². The number of carbonyl (C=O) groups is 1. The maximum Gasteiger partial charge on any atom is 0.314 e. The number of carbonyl (C=O) groups excluding carboxylic acids is 1. The van der Waals surface area contributed by atoms with Gasteiger partial charge in [0.25, 0.3) is 0 Å². The van der Waals surface area contributed by atoms with Crippen LogP contribution in [-0.4, -0.2) is 11.1 Å². The highest BCUT2D eigenvalue weighted by atomic mass is 16.5. The molecule has 3 nitrogen and oxygen atoms in total. The van der Waals surface area contributed by atoms with Crippen LogP contribution in [0.15, 0.2) is 18.2 Å². The molecule has 1 atom stereocenters. The van der Waals surface area contributed by atoms with Gasteiger partial charge in [0.1, 0.15) is 11.5 Å². The second-order valence-corrected chi connectivity index (χ2v) is 3.68. The van der Waals surface area contributed by atoms with Crippen molar-refractivity contribution < 1.29 is 14.6 Å². The number of ether oxygens (including phenoxy) is 1. The molecular weight excluding hydrogens is 192 g/mol. The standard InChI is InChI=1S/C12H16O3/c1-4-8(2)12(14)15-11-6-5-10(13)7-9(11)3/h5-8,13H,4H2,1-3H3. The molecule has 0 aliphatic rings. The van der Waals surface area contributed by atoms with E-state index in [9.17, 15) is 9.90 Å². The average Bonchev–Trinajstić information content (AvgIpc) is 2.20. The van der Waals surface area contributed by atoms with Crippen LogP contribution < -0.4 is 4.74 Å². The van der Waals surface area contributed by atoms with Crippen molar-refractivity contribution in [1.29, 1.82) is 0 Å². The maximum absolute atomic E-state index is 11.5. The molecule has 0 aromatic heterocycles. The number of hydrogen-bond acceptors (Lipinski definition) is 3. The monoisotopic (exact) mass is 208 g/mol. The first kappa shape index (κ1) is 11.6. The first-order valence-electron chi connectivity index (χ1n) is 5.06. The summed E-state index contributed by atoms with van der Waals surface area (Å²) in [5, 5.41) is 9.19. The van der Waals surface area contributed by atoms with E-state index >= 15 is 0 Å². The second-order valence-electron chi connectivity index (χ2n) is 3.68. The van der Waals surface area contributed by atoms with Crippen molar-refractivity contribution in [2.24, 2.45) is 5.92 Å². The van der Waals surface area contributed by atoms with Crippen LogP contribution in [0.5, 0.6) is 11.5 Å². The van der Waals surface area contributed by atoms with Gasteiger partial charge in [0.2, 0.25) is 0 Å². The fourth-order valence-electron chi connectivity index (χ4n) is 1.12. The predicted molar refractivity (Wildman–Crippen MR) is 57.9 cm³/mol. The van der Waals surface area contributed by atoms with Crippen LogP contribution >= 0.6 is 0 Å². The van der Waals surface area contributed by atoms with Crippen LogP contribution in [0, 0.1) is 12.8 Å². The minimum atomic E-state index is -0.230. The Morgan fingerprint density at radius 3 is 2.73 bits per heavy atom. The normalized spacial score (nSPS) is 12.2. The minimum Gasteiger partial charge on any atom is -0.508 e. The molecule has 1 aromatic carbocycles. The van der Waals surface area contributed by atoms with E-state index in [0.29, 0.717) is 5.75 Å². The number of phenolic OH excluding ortho intramolecular Hbond substituents is 1. The van der Waals surface area contributed by atoms with Crippen LogP contribution in [0.1, 0.15) is 25.8 Å². The highest BCUT2D eigenvalue weighted by molar-refractivity contribution is 5.75. The van der Waals surface area contributed by atoms with Crippen LogP contribution in [0.2, 0.25) is 0 Å². The summed E-state index contributed by atoms with van der Waals surface area (Å²) < 4.78 is 5.20. The summed E-state index contributed by atoms with van der Waals surface area (Å²) in [5.74, 6) is 0.360. The molecule has 1 aromatic rings. The van der Waals surface area contributed by atoms with E-state index in [-0.39, 0.29) is 17.6 Å². The molecule has 0 aliphatic carbocycles. The summed E-state index contributed by atoms with van der Waals surface area (Å²) in [6, 6.07) is 4.68. The summed E-state index contributed by atoms with van der Waals surface area (Å²) in [6.45, 7) is 5.56. The molecule has 1 N–H and O–H groups in total. The third kappa shape index (κ3) is 2.98. The van der Waals surface area contributed by atoms with E-state index in [4.69, 9.17) is 4.74 Å². The number of phenols is 1. The van der Waals surface area contributed by atoms with Gasteiger partial charge in [-0.3, -0.25) is 4.79 Å². The van der Waals surface area contributed by atoms with Crippen LogP contribution in [0.3, 0.4) is 0 Å². The highest BCUT2D eigenvalue weighted by Crippen LogP contribution is 2.23. The molecule has 1 rings (SSSR count). The van der Waals surface area contributed by atoms with E-state index in [1.165, 1.54) is 6.07 Å². The molecule has 0 heterocycles. The zero-order chi connectivity index (χ0) is 11.4. The fourth-order valence-corrected chi connectivity index (χ4v) is 1.12. The Morgan fingerprint density at radius 1 is 1.53 bits per heavy atom. The fraction of sp³-hybridized carbons (Fsp3) is 0.417. The molecule has 82 valence electrons. The molecule has 0 saturated carbocycles. The molecule has 0 spiro atoms. The van der Waals surface area contributed by atoms with Crippen LogP contribution in [-0.2, 0) is 4.79 Å². The number of aryl methyl sites for hydroxylation is 1. The summed E-state index contributed by atoms with van der Waals surface area (Å²) in [7, 11) is 0. The van der Waals surface area contributed by atoms with Crippen molar-refractivity contribution in [2.75, 3.05) is 0 Å². The Morgan fingerprint density at radius 2 is 2.20 bits per heavy atom. The minimum absolute atomic E-state index is 0.0989. The Bertz CT molecular complexity index is 358. The molecule has 15 heavy (non-hydrogen) atoms. The Labute approximate surface area is 89.7 Å². The largest absolute Gasteiger partial charge is 0.508 e. The third-order valence-corrected chi connectivity index (χ3v) is 2.38. The van der Waals surface area contributed by atoms with Crippen LogP contribution in [0.25, 0.3) is 0 Å². The average molecular weight is 208 g/mol. The first-order chi connectivity index (χ1) is 7.04. The second kappa shape index (κ2) is 4.82. The summed E-state index contributed by atoms with van der Waals surface area (Å²) in [6.07, 6.45) is 0.760. The molecule has 1 unspecified atom stereocenters. The van der Waals surface area contributed by atoms with Gasteiger partial charge in [-0.25, -0.2) is 0 Å². The number of esters is 1. The molecule has 0 saturated heterocycles. The Balaban J connectivity index is 2.77. The zero-order valence-corrected chi connectivity index (χ0v) is 9.28. The van der Waals surface area contributed by atoms with Gasteiger partial charge in [0.15, 0.2) is 0 Å². The van der Waals surface area contributed by atoms with Crippen LogP contribution in [0.4, 0.5) is 0 Å². The van der Waals surface area contributed by atoms with E-state index < -0.39 is 0 Å². The first-order valence-corrected chi connectivity index (χ1v) is 5.06. The summed E-state index contributed by atoms with van der Waals surface area (Å²) in [5.41, 5.74) is 0.756. The number of hydrogen-bond donors (Lipinski definition) is 1. The molecule has 3 heteroatoms. The quantitative estimate of drug-likeness (QED) is 0.613. The lowest BCUT2D eigenvalue weighted by Crippen LogP contribution is -2.17. The molecule has 0 bridgehead atoms. The van der Waals surface area contributed by atoms with Crippen molar-refractivity contribution in [1.82, 2.24) is 0 Å². The van der Waals surface area contributed by atoms with Gasteiger partial charge in [0, 0.05) is 0 Å². The van der Waals surface area contributed by atoms with Crippen molar-refractivity contribution in [3.05, 3.63) is 23.8 Å². The lowest BCUT2D eigenvalue weighted by molar-refractivity contribution is -0.138. The lowest BCUT2D eigenvalue weighted by Gasteiger charge is -2.10. The summed E-state index contributed by atoms with van der Waals surface area (Å²) >= 11 is 0. The van der Waals surface area contributed by atoms with Crippen molar-refractivity contribution in [2.45, 2.75) is 27.2 Å². The maximum atomic E-state index is 11.5. The Kier molecular flexibility index (Phi) is 3.72. The number of aromatic hydroxyl groups is 1. The SMILES string of the molecule is CCC(C)C(=O)Oc1ccc(O)cc1C. The molecule has 0 radical (unpaired) electrons. The number of rotatable bonds is 3. The van der Waals surface area contributed by atoms with E-state index in [0.717, 1.165) is 12.0 Å². The highest BCUT2D eigenvalue weighted by Gasteiger charge is 2.14. The Hall–Kier alpha value is -1.51. The molecule has 0 fully saturated rings. The van der Waals surface area contributed by atoms with Gasteiger partial charge in [-0.1, -0.05) is 13.8 Å². The predicted octanol–water partition coefficient (Wildman–Crippen LogP) is 2.65. The van der Waals surface area contributed by atoms with Gasteiger partial charge >= 0.3 is 5.97 Å². The third-order valence-electron chi connectivity index (χ3n) is 2.38. The smallest absolute Gasteiger partial charge is 0.314 e. The zero-order valence-electron chi connectivity index (χ0n) is 9.28. The summed E-state index contributed by atoms with van der Waals surface area (Å²) in [4.78, 5) is 11.5. The van der Waals surface area contributed by atoms with E-state index in [2.05, 4.69) is 0 Å². The van der Waals surface area contributed by atoms with Crippen molar-refractivity contribution >= 4 is 5.97 Å². The van der Waals surface area contributed by atoms with Gasteiger partial charge < -0.3 is 9.84 Å². The van der Waals surface area contributed by atoms with Gasteiger partial charge in [-0.05, 0) is 37.1 Å². The van der Waals surface area contributed by atoms with Gasteiger partial charge in [-0.2, -0.15) is 0 Å². The molecule has 0 amide bonds. The lowest BCUT2D eigenvalue weighted by atomic mass is 10.1. The topological polar surface area (TPSA) is 46.5 Å².